The summed E-state index contributed by atoms with van der Waals surface area (Å²) in [5.41, 5.74) is 5.34. The maximum atomic E-state index is 12.2. The van der Waals surface area contributed by atoms with Crippen LogP contribution in [0, 0.1) is 5.41 Å². The van der Waals surface area contributed by atoms with Gasteiger partial charge in [0.2, 0.25) is 0 Å². The lowest BCUT2D eigenvalue weighted by Gasteiger charge is -2.28. The Kier molecular flexibility index (Phi) is 4.18. The molecule has 0 aliphatic rings. The summed E-state index contributed by atoms with van der Waals surface area (Å²) in [5, 5.41) is 3.95. The van der Waals surface area contributed by atoms with E-state index in [1.54, 1.807) is 11.7 Å². The monoisotopic (exact) mass is 224 g/mol. The summed E-state index contributed by atoms with van der Waals surface area (Å²) in [6.07, 6.45) is 3.33. The van der Waals surface area contributed by atoms with Gasteiger partial charge in [-0.3, -0.25) is 9.48 Å². The summed E-state index contributed by atoms with van der Waals surface area (Å²) in [6.45, 7) is 4.41. The Bertz CT molecular complexity index is 346. The van der Waals surface area contributed by atoms with Crippen molar-refractivity contribution in [2.45, 2.75) is 33.1 Å². The van der Waals surface area contributed by atoms with Crippen LogP contribution >= 0.6 is 0 Å². The van der Waals surface area contributed by atoms with E-state index in [9.17, 15) is 4.79 Å². The molecule has 16 heavy (non-hydrogen) atoms. The highest BCUT2D eigenvalue weighted by Gasteiger charge is 2.33. The van der Waals surface area contributed by atoms with Gasteiger partial charge in [-0.2, -0.15) is 5.10 Å². The second-order valence-electron chi connectivity index (χ2n) is 4.09. The maximum Gasteiger partial charge on any atom is 0.147 e. The SMILES string of the molecule is CCC(CC)(CN)C(=O)Cc1ncnn1C. The second-order valence-corrected chi connectivity index (χ2v) is 4.09. The van der Waals surface area contributed by atoms with Crippen molar-refractivity contribution >= 4 is 5.78 Å². The third-order valence-corrected chi connectivity index (χ3v) is 3.46. The van der Waals surface area contributed by atoms with Gasteiger partial charge in [0.05, 0.1) is 6.42 Å². The Labute approximate surface area is 96.0 Å². The Morgan fingerprint density at radius 1 is 1.50 bits per heavy atom. The summed E-state index contributed by atoms with van der Waals surface area (Å²) in [4.78, 5) is 16.3. The quantitative estimate of drug-likeness (QED) is 0.771. The molecule has 1 aromatic heterocycles. The van der Waals surface area contributed by atoms with Crippen molar-refractivity contribution in [3.8, 4) is 0 Å². The van der Waals surface area contributed by atoms with Crippen LogP contribution in [0.4, 0.5) is 0 Å². The minimum absolute atomic E-state index is 0.163. The van der Waals surface area contributed by atoms with E-state index in [2.05, 4.69) is 10.1 Å². The molecule has 0 bridgehead atoms. The van der Waals surface area contributed by atoms with Crippen LogP contribution in [0.25, 0.3) is 0 Å². The number of Topliss-reactive ketones (excluding diaryl/α,β-unsaturated/α-hetero) is 1. The van der Waals surface area contributed by atoms with Gasteiger partial charge in [0, 0.05) is 19.0 Å². The average Bonchev–Trinajstić information content (AvgIpc) is 2.68. The zero-order valence-electron chi connectivity index (χ0n) is 10.2. The van der Waals surface area contributed by atoms with E-state index in [1.807, 2.05) is 13.8 Å². The molecule has 1 rings (SSSR count). The second kappa shape index (κ2) is 5.21. The summed E-state index contributed by atoms with van der Waals surface area (Å²) < 4.78 is 1.63. The van der Waals surface area contributed by atoms with Crippen LogP contribution in [0.1, 0.15) is 32.5 Å². The van der Waals surface area contributed by atoms with Crippen LogP contribution in [0.15, 0.2) is 6.33 Å². The van der Waals surface area contributed by atoms with E-state index in [0.717, 1.165) is 12.8 Å². The van der Waals surface area contributed by atoms with E-state index in [4.69, 9.17) is 5.73 Å². The standard InChI is InChI=1S/C11H20N4O/c1-4-11(5-2,7-12)9(16)6-10-13-8-14-15(10)3/h8H,4-7,12H2,1-3H3. The highest BCUT2D eigenvalue weighted by Crippen LogP contribution is 2.27. The fourth-order valence-electron chi connectivity index (χ4n) is 1.86. The number of carbonyl (C=O) groups excluding carboxylic acids is 1. The fraction of sp³-hybridized carbons (Fsp3) is 0.727. The first-order valence-electron chi connectivity index (χ1n) is 5.66. The van der Waals surface area contributed by atoms with Gasteiger partial charge in [0.15, 0.2) is 0 Å². The normalized spacial score (nSPS) is 11.8. The first-order valence-corrected chi connectivity index (χ1v) is 5.66. The molecule has 0 radical (unpaired) electrons. The zero-order chi connectivity index (χ0) is 12.2. The molecule has 0 aliphatic carbocycles. The van der Waals surface area contributed by atoms with Crippen molar-refractivity contribution in [1.29, 1.82) is 0 Å². The number of ketones is 1. The van der Waals surface area contributed by atoms with E-state index >= 15 is 0 Å². The summed E-state index contributed by atoms with van der Waals surface area (Å²) in [6, 6.07) is 0. The van der Waals surface area contributed by atoms with Crippen LogP contribution < -0.4 is 5.73 Å². The van der Waals surface area contributed by atoms with E-state index < -0.39 is 5.41 Å². The number of nitrogens with two attached hydrogens (primary N) is 1. The molecular weight excluding hydrogens is 204 g/mol. The minimum Gasteiger partial charge on any atom is -0.329 e. The predicted octanol–water partition coefficient (Wildman–Crippen LogP) is 0.692. The van der Waals surface area contributed by atoms with Crippen LogP contribution in [0.5, 0.6) is 0 Å². The summed E-state index contributed by atoms with van der Waals surface area (Å²) >= 11 is 0. The van der Waals surface area contributed by atoms with Gasteiger partial charge in [0.1, 0.15) is 17.9 Å². The Morgan fingerprint density at radius 2 is 2.12 bits per heavy atom. The molecule has 0 saturated heterocycles. The maximum absolute atomic E-state index is 12.2. The molecule has 1 heterocycles. The lowest BCUT2D eigenvalue weighted by molar-refractivity contribution is -0.128. The molecule has 0 fully saturated rings. The van der Waals surface area contributed by atoms with Gasteiger partial charge in [0.25, 0.3) is 0 Å². The van der Waals surface area contributed by atoms with Crippen LogP contribution in [-0.2, 0) is 18.3 Å². The van der Waals surface area contributed by atoms with Crippen molar-refractivity contribution in [1.82, 2.24) is 14.8 Å². The highest BCUT2D eigenvalue weighted by atomic mass is 16.1. The van der Waals surface area contributed by atoms with Crippen molar-refractivity contribution in [3.63, 3.8) is 0 Å². The zero-order valence-corrected chi connectivity index (χ0v) is 10.2. The number of hydrogen-bond donors (Lipinski definition) is 1. The first kappa shape index (κ1) is 12.8. The largest absolute Gasteiger partial charge is 0.329 e. The van der Waals surface area contributed by atoms with E-state index in [0.29, 0.717) is 18.8 Å². The number of hydrogen-bond acceptors (Lipinski definition) is 4. The summed E-state index contributed by atoms with van der Waals surface area (Å²) in [7, 11) is 1.79. The summed E-state index contributed by atoms with van der Waals surface area (Å²) in [5.74, 6) is 0.862. The Balaban J connectivity index is 2.81. The lowest BCUT2D eigenvalue weighted by atomic mass is 9.77. The molecule has 1 aromatic rings. The Hall–Kier alpha value is -1.23. The van der Waals surface area contributed by atoms with Crippen molar-refractivity contribution in [2.75, 3.05) is 6.54 Å². The molecule has 0 amide bonds. The molecule has 0 saturated carbocycles. The van der Waals surface area contributed by atoms with Gasteiger partial charge in [-0.1, -0.05) is 13.8 Å². The highest BCUT2D eigenvalue weighted by molar-refractivity contribution is 5.86. The van der Waals surface area contributed by atoms with Crippen LogP contribution in [0.2, 0.25) is 0 Å². The average molecular weight is 224 g/mol. The lowest BCUT2D eigenvalue weighted by Crippen LogP contribution is -2.39. The van der Waals surface area contributed by atoms with Gasteiger partial charge in [-0.25, -0.2) is 4.98 Å². The number of nitrogens with zero attached hydrogens (tertiary/aromatic N) is 3. The Morgan fingerprint density at radius 3 is 2.50 bits per heavy atom. The van der Waals surface area contributed by atoms with E-state index in [-0.39, 0.29) is 5.78 Å². The van der Waals surface area contributed by atoms with Crippen LogP contribution in [0.3, 0.4) is 0 Å². The van der Waals surface area contributed by atoms with Gasteiger partial charge in [-0.15, -0.1) is 0 Å². The molecule has 5 heteroatoms. The number of carbonyl (C=O) groups is 1. The molecule has 0 unspecified atom stereocenters. The smallest absolute Gasteiger partial charge is 0.147 e. The third kappa shape index (κ3) is 2.29. The topological polar surface area (TPSA) is 73.8 Å². The van der Waals surface area contributed by atoms with Crippen molar-refractivity contribution in [2.24, 2.45) is 18.2 Å². The van der Waals surface area contributed by atoms with Crippen LogP contribution in [-0.4, -0.2) is 27.1 Å². The van der Waals surface area contributed by atoms with Gasteiger partial charge < -0.3 is 5.73 Å². The number of aryl methyl sites for hydroxylation is 1. The molecule has 0 atom stereocenters. The van der Waals surface area contributed by atoms with Gasteiger partial charge >= 0.3 is 0 Å². The molecule has 90 valence electrons. The molecule has 2 N–H and O–H groups in total. The molecule has 0 aliphatic heterocycles. The predicted molar refractivity (Wildman–Crippen MR) is 61.8 cm³/mol. The molecule has 5 nitrogen and oxygen atoms in total. The fourth-order valence-corrected chi connectivity index (χ4v) is 1.86. The van der Waals surface area contributed by atoms with E-state index in [1.165, 1.54) is 6.33 Å². The number of rotatable bonds is 6. The van der Waals surface area contributed by atoms with Gasteiger partial charge in [-0.05, 0) is 12.8 Å². The molecular formula is C11H20N4O. The van der Waals surface area contributed by atoms with Crippen molar-refractivity contribution in [3.05, 3.63) is 12.2 Å². The minimum atomic E-state index is -0.397. The third-order valence-electron chi connectivity index (χ3n) is 3.46. The van der Waals surface area contributed by atoms with Crippen molar-refractivity contribution < 1.29 is 4.79 Å². The molecule has 0 spiro atoms. The molecule has 0 aromatic carbocycles. The number of aromatic nitrogens is 3. The first-order chi connectivity index (χ1) is 7.59.